The maximum Gasteiger partial charge on any atom is 0.313 e. The molecule has 1 N–H and O–H groups in total. The van der Waals surface area contributed by atoms with Crippen LogP contribution in [0.25, 0.3) is 0 Å². The van der Waals surface area contributed by atoms with Crippen molar-refractivity contribution in [1.82, 2.24) is 4.90 Å². The molecule has 1 aliphatic rings. The van der Waals surface area contributed by atoms with Gasteiger partial charge in [0.05, 0.1) is 16.3 Å². The molecule has 2 unspecified atom stereocenters. The fraction of sp³-hybridized carbons (Fsp3) is 0.450. The summed E-state index contributed by atoms with van der Waals surface area (Å²) in [5.41, 5.74) is 2.35. The van der Waals surface area contributed by atoms with Crippen molar-refractivity contribution < 1.29 is 19.6 Å². The molecule has 150 valence electrons. The van der Waals surface area contributed by atoms with E-state index in [1.807, 2.05) is 20.8 Å². The van der Waals surface area contributed by atoms with Gasteiger partial charge in [-0.15, -0.1) is 0 Å². The zero-order valence-corrected chi connectivity index (χ0v) is 16.3. The van der Waals surface area contributed by atoms with Crippen LogP contribution < -0.4 is 0 Å². The molecule has 0 fully saturated rings. The molecular formula is C20H25N3O5. The highest BCUT2D eigenvalue weighted by molar-refractivity contribution is 6.04. The number of carbonyl (C=O) groups excluding carboxylic acids is 1. The molecule has 2 atom stereocenters. The maximum absolute atomic E-state index is 12.2. The van der Waals surface area contributed by atoms with Crippen LogP contribution in [0, 0.1) is 16.0 Å². The number of non-ortho nitro benzene ring substituents is 1. The second-order valence-corrected chi connectivity index (χ2v) is 6.57. The maximum atomic E-state index is 12.2. The Morgan fingerprint density at radius 1 is 1.29 bits per heavy atom. The lowest BCUT2D eigenvalue weighted by molar-refractivity contribution is -0.384. The number of carboxylic acids is 1. The normalized spacial score (nSPS) is 19.2. The molecule has 0 spiro atoms. The van der Waals surface area contributed by atoms with Crippen molar-refractivity contribution in [3.8, 4) is 0 Å². The van der Waals surface area contributed by atoms with Gasteiger partial charge in [-0.1, -0.05) is 32.4 Å². The highest BCUT2D eigenvalue weighted by Crippen LogP contribution is 2.42. The van der Waals surface area contributed by atoms with E-state index in [-0.39, 0.29) is 5.69 Å². The number of likely N-dealkylation sites (N-methyl/N-ethyl adjacent to an activating group) is 1. The van der Waals surface area contributed by atoms with Crippen LogP contribution in [0.5, 0.6) is 0 Å². The van der Waals surface area contributed by atoms with E-state index in [1.165, 1.54) is 17.0 Å². The SMILES string of the molecule is CCCC1=NC(CC)=C(N(C=O)CC)C(c2ccc([N+](=O)[O-])cc2)C1C(=O)O. The van der Waals surface area contributed by atoms with E-state index in [0.717, 1.165) is 6.42 Å². The number of allylic oxidation sites excluding steroid dienone is 2. The minimum atomic E-state index is -1.02. The average molecular weight is 387 g/mol. The molecule has 1 amide bonds. The summed E-state index contributed by atoms with van der Waals surface area (Å²) in [6.45, 7) is 6.05. The molecule has 0 bridgehead atoms. The number of nitro benzene ring substituents is 1. The van der Waals surface area contributed by atoms with E-state index < -0.39 is 22.7 Å². The number of nitrogens with zero attached hydrogens (tertiary/aromatic N) is 3. The summed E-state index contributed by atoms with van der Waals surface area (Å²) < 4.78 is 0. The lowest BCUT2D eigenvalue weighted by atomic mass is 9.76. The first-order valence-corrected chi connectivity index (χ1v) is 9.39. The molecule has 0 aromatic heterocycles. The molecule has 2 rings (SSSR count). The third kappa shape index (κ3) is 4.11. The van der Waals surface area contributed by atoms with Gasteiger partial charge in [0, 0.05) is 30.3 Å². The van der Waals surface area contributed by atoms with Crippen LogP contribution in [0.4, 0.5) is 5.69 Å². The van der Waals surface area contributed by atoms with Crippen molar-refractivity contribution in [1.29, 1.82) is 0 Å². The molecular weight excluding hydrogens is 362 g/mol. The van der Waals surface area contributed by atoms with E-state index in [4.69, 9.17) is 0 Å². The number of nitro groups is 1. The molecule has 1 heterocycles. The number of aliphatic imine (C=N–C) groups is 1. The Bertz CT molecular complexity index is 814. The summed E-state index contributed by atoms with van der Waals surface area (Å²) in [5, 5.41) is 21.0. The van der Waals surface area contributed by atoms with Gasteiger partial charge in [-0.2, -0.15) is 0 Å². The van der Waals surface area contributed by atoms with Gasteiger partial charge in [0.1, 0.15) is 5.92 Å². The van der Waals surface area contributed by atoms with Gasteiger partial charge in [0.25, 0.3) is 5.69 Å². The molecule has 1 aliphatic heterocycles. The second-order valence-electron chi connectivity index (χ2n) is 6.57. The van der Waals surface area contributed by atoms with Crippen molar-refractivity contribution >= 4 is 23.8 Å². The lowest BCUT2D eigenvalue weighted by Crippen LogP contribution is -2.39. The minimum Gasteiger partial charge on any atom is -0.481 e. The van der Waals surface area contributed by atoms with Crippen molar-refractivity contribution in [2.75, 3.05) is 6.54 Å². The number of aliphatic carboxylic acids is 1. The number of rotatable bonds is 9. The van der Waals surface area contributed by atoms with Crippen LogP contribution in [-0.2, 0) is 9.59 Å². The standard InChI is InChI=1S/C20H25N3O5/c1-4-7-16-18(20(25)26)17(13-8-10-14(11-9-13)23(27)28)19(15(5-2)21-16)22(6-3)12-24/h8-12,17-18H,4-7H2,1-3H3,(H,25,26). The summed E-state index contributed by atoms with van der Waals surface area (Å²) in [4.78, 5) is 40.5. The zero-order chi connectivity index (χ0) is 20.8. The smallest absolute Gasteiger partial charge is 0.313 e. The molecule has 1 aromatic rings. The van der Waals surface area contributed by atoms with Gasteiger partial charge in [-0.25, -0.2) is 0 Å². The van der Waals surface area contributed by atoms with Crippen LogP contribution in [0.3, 0.4) is 0 Å². The van der Waals surface area contributed by atoms with E-state index in [2.05, 4.69) is 4.99 Å². The Balaban J connectivity index is 2.73. The Morgan fingerprint density at radius 3 is 2.36 bits per heavy atom. The van der Waals surface area contributed by atoms with Crippen LogP contribution in [-0.4, -0.2) is 39.6 Å². The van der Waals surface area contributed by atoms with Crippen LogP contribution in [0.15, 0.2) is 40.7 Å². The molecule has 0 saturated heterocycles. The predicted octanol–water partition coefficient (Wildman–Crippen LogP) is 3.73. The van der Waals surface area contributed by atoms with Gasteiger partial charge >= 0.3 is 5.97 Å². The fourth-order valence-corrected chi connectivity index (χ4v) is 3.64. The van der Waals surface area contributed by atoms with Gasteiger partial charge in [0.2, 0.25) is 6.41 Å². The lowest BCUT2D eigenvalue weighted by Gasteiger charge is -2.36. The average Bonchev–Trinajstić information content (AvgIpc) is 2.69. The third-order valence-electron chi connectivity index (χ3n) is 4.91. The van der Waals surface area contributed by atoms with Crippen molar-refractivity contribution in [2.45, 2.75) is 46.0 Å². The molecule has 0 saturated carbocycles. The Labute approximate surface area is 163 Å². The van der Waals surface area contributed by atoms with Gasteiger partial charge in [-0.05, 0) is 25.3 Å². The number of hydrogen-bond acceptors (Lipinski definition) is 5. The number of carboxylic acid groups (broad SMARTS) is 1. The van der Waals surface area contributed by atoms with E-state index in [9.17, 15) is 24.8 Å². The first-order valence-electron chi connectivity index (χ1n) is 9.39. The molecule has 28 heavy (non-hydrogen) atoms. The van der Waals surface area contributed by atoms with Crippen LogP contribution >= 0.6 is 0 Å². The first-order chi connectivity index (χ1) is 13.4. The predicted molar refractivity (Wildman–Crippen MR) is 105 cm³/mol. The number of amides is 1. The van der Waals surface area contributed by atoms with Crippen LogP contribution in [0.2, 0.25) is 0 Å². The quantitative estimate of drug-likeness (QED) is 0.394. The van der Waals surface area contributed by atoms with Gasteiger partial charge in [-0.3, -0.25) is 24.7 Å². The highest BCUT2D eigenvalue weighted by Gasteiger charge is 2.41. The Kier molecular flexibility index (Phi) is 7.03. The van der Waals surface area contributed by atoms with Gasteiger partial charge < -0.3 is 10.0 Å². The molecule has 8 heteroatoms. The summed E-state index contributed by atoms with van der Waals surface area (Å²) in [5.74, 6) is -2.59. The molecule has 0 aliphatic carbocycles. The summed E-state index contributed by atoms with van der Waals surface area (Å²) in [7, 11) is 0. The first kappa shape index (κ1) is 21.3. The van der Waals surface area contributed by atoms with Crippen molar-refractivity contribution in [3.63, 3.8) is 0 Å². The summed E-state index contributed by atoms with van der Waals surface area (Å²) >= 11 is 0. The number of carbonyl (C=O) groups is 2. The monoisotopic (exact) mass is 387 g/mol. The molecule has 8 nitrogen and oxygen atoms in total. The molecule has 0 radical (unpaired) electrons. The summed E-state index contributed by atoms with van der Waals surface area (Å²) in [6.07, 6.45) is 2.50. The topological polar surface area (TPSA) is 113 Å². The highest BCUT2D eigenvalue weighted by atomic mass is 16.6. The van der Waals surface area contributed by atoms with Crippen molar-refractivity contribution in [2.24, 2.45) is 10.9 Å². The van der Waals surface area contributed by atoms with E-state index in [0.29, 0.717) is 48.5 Å². The third-order valence-corrected chi connectivity index (χ3v) is 4.91. The second kappa shape index (κ2) is 9.25. The summed E-state index contributed by atoms with van der Waals surface area (Å²) in [6, 6.07) is 5.86. The Morgan fingerprint density at radius 2 is 1.93 bits per heavy atom. The van der Waals surface area contributed by atoms with Crippen molar-refractivity contribution in [3.05, 3.63) is 51.3 Å². The van der Waals surface area contributed by atoms with Crippen LogP contribution in [0.1, 0.15) is 51.5 Å². The molecule has 1 aromatic carbocycles. The van der Waals surface area contributed by atoms with E-state index in [1.54, 1.807) is 12.1 Å². The largest absolute Gasteiger partial charge is 0.481 e. The van der Waals surface area contributed by atoms with E-state index >= 15 is 0 Å². The van der Waals surface area contributed by atoms with Gasteiger partial charge in [0.15, 0.2) is 0 Å². The minimum absolute atomic E-state index is 0.0714. The number of benzene rings is 1. The Hall–Kier alpha value is -3.03. The fourth-order valence-electron chi connectivity index (χ4n) is 3.64. The zero-order valence-electron chi connectivity index (χ0n) is 16.3. The number of hydrogen-bond donors (Lipinski definition) is 1.